The second-order valence-corrected chi connectivity index (χ2v) is 7.26. The van der Waals surface area contributed by atoms with Gasteiger partial charge in [0.05, 0.1) is 0 Å². The SMILES string of the molecule is Cc1cc(Br)cc([C@H](C2CCOCC2)N2CCNCC2)c1O.Cl.Cl. The smallest absolute Gasteiger partial charge is 0.123 e. The molecule has 2 heterocycles. The number of aromatic hydroxyl groups is 1. The lowest BCUT2D eigenvalue weighted by atomic mass is 9.84. The highest BCUT2D eigenvalue weighted by Gasteiger charge is 2.33. The average molecular weight is 442 g/mol. The quantitative estimate of drug-likeness (QED) is 0.750. The van der Waals surface area contributed by atoms with Crippen molar-refractivity contribution < 1.29 is 9.84 Å². The van der Waals surface area contributed by atoms with Crippen LogP contribution in [0.5, 0.6) is 5.75 Å². The summed E-state index contributed by atoms with van der Waals surface area (Å²) in [7, 11) is 0. The molecule has 0 amide bonds. The number of nitrogens with zero attached hydrogens (tertiary/aromatic N) is 1. The second-order valence-electron chi connectivity index (χ2n) is 6.34. The fourth-order valence-electron chi connectivity index (χ4n) is 3.73. The molecular weight excluding hydrogens is 415 g/mol. The Morgan fingerprint density at radius 1 is 1.21 bits per heavy atom. The zero-order valence-electron chi connectivity index (χ0n) is 14.0. The Morgan fingerprint density at radius 3 is 2.46 bits per heavy atom. The predicted molar refractivity (Wildman–Crippen MR) is 106 cm³/mol. The fraction of sp³-hybridized carbons (Fsp3) is 0.647. The summed E-state index contributed by atoms with van der Waals surface area (Å²) >= 11 is 3.60. The maximum atomic E-state index is 10.7. The molecule has 3 rings (SSSR count). The van der Waals surface area contributed by atoms with Gasteiger partial charge >= 0.3 is 0 Å². The van der Waals surface area contributed by atoms with Crippen LogP contribution in [0.3, 0.4) is 0 Å². The summed E-state index contributed by atoms with van der Waals surface area (Å²) in [5.41, 5.74) is 2.01. The molecule has 0 unspecified atom stereocenters. The first-order valence-electron chi connectivity index (χ1n) is 8.18. The molecule has 4 nitrogen and oxygen atoms in total. The van der Waals surface area contributed by atoms with Gasteiger partial charge in [-0.15, -0.1) is 24.8 Å². The molecular formula is C17H27BrCl2N2O2. The van der Waals surface area contributed by atoms with Crippen molar-refractivity contribution in [1.29, 1.82) is 0 Å². The van der Waals surface area contributed by atoms with Gasteiger partial charge < -0.3 is 15.2 Å². The van der Waals surface area contributed by atoms with Gasteiger partial charge in [-0.25, -0.2) is 0 Å². The molecule has 7 heteroatoms. The average Bonchev–Trinajstić information content (AvgIpc) is 2.54. The van der Waals surface area contributed by atoms with Crippen LogP contribution in [0.15, 0.2) is 16.6 Å². The van der Waals surface area contributed by atoms with E-state index in [1.54, 1.807) is 0 Å². The zero-order chi connectivity index (χ0) is 15.5. The first-order valence-corrected chi connectivity index (χ1v) is 8.97. The van der Waals surface area contributed by atoms with Crippen LogP contribution in [-0.2, 0) is 4.74 Å². The number of nitrogens with one attached hydrogen (secondary N) is 1. The first kappa shape index (κ1) is 22.0. The van der Waals surface area contributed by atoms with Gasteiger partial charge in [-0.05, 0) is 43.4 Å². The lowest BCUT2D eigenvalue weighted by molar-refractivity contribution is 0.0206. The lowest BCUT2D eigenvalue weighted by Crippen LogP contribution is -2.47. The maximum absolute atomic E-state index is 10.7. The summed E-state index contributed by atoms with van der Waals surface area (Å²) in [6.45, 7) is 7.76. The highest BCUT2D eigenvalue weighted by atomic mass is 79.9. The molecule has 0 aromatic heterocycles. The Kier molecular flexibility index (Phi) is 9.34. The molecule has 2 saturated heterocycles. The van der Waals surface area contributed by atoms with Crippen molar-refractivity contribution in [3.63, 3.8) is 0 Å². The van der Waals surface area contributed by atoms with Gasteiger partial charge in [-0.3, -0.25) is 4.90 Å². The molecule has 0 bridgehead atoms. The van der Waals surface area contributed by atoms with Crippen molar-refractivity contribution in [3.05, 3.63) is 27.7 Å². The second kappa shape index (κ2) is 10.2. The summed E-state index contributed by atoms with van der Waals surface area (Å²) in [6.07, 6.45) is 2.14. The Balaban J connectivity index is 0.00000144. The normalized spacial score (nSPS) is 20.8. The van der Waals surface area contributed by atoms with E-state index < -0.39 is 0 Å². The molecule has 0 radical (unpaired) electrons. The maximum Gasteiger partial charge on any atom is 0.123 e. The van der Waals surface area contributed by atoms with Gasteiger partial charge in [0.2, 0.25) is 0 Å². The van der Waals surface area contributed by atoms with Crippen LogP contribution in [0, 0.1) is 12.8 Å². The third kappa shape index (κ3) is 4.99. The van der Waals surface area contributed by atoms with Crippen molar-refractivity contribution in [1.82, 2.24) is 10.2 Å². The Labute approximate surface area is 165 Å². The fourth-order valence-corrected chi connectivity index (χ4v) is 4.32. The molecule has 0 spiro atoms. The lowest BCUT2D eigenvalue weighted by Gasteiger charge is -2.41. The molecule has 2 N–H and O–H groups in total. The van der Waals surface area contributed by atoms with Gasteiger partial charge in [0, 0.05) is 55.5 Å². The van der Waals surface area contributed by atoms with Crippen LogP contribution in [0.25, 0.3) is 0 Å². The number of ether oxygens (including phenoxy) is 1. The van der Waals surface area contributed by atoms with E-state index in [-0.39, 0.29) is 30.9 Å². The minimum atomic E-state index is 0. The number of phenols is 1. The van der Waals surface area contributed by atoms with Crippen LogP contribution < -0.4 is 5.32 Å². The molecule has 138 valence electrons. The number of halogens is 3. The summed E-state index contributed by atoms with van der Waals surface area (Å²) in [5, 5.41) is 14.1. The summed E-state index contributed by atoms with van der Waals surface area (Å²) < 4.78 is 6.59. The van der Waals surface area contributed by atoms with E-state index in [9.17, 15) is 5.11 Å². The van der Waals surface area contributed by atoms with E-state index in [1.807, 2.05) is 13.0 Å². The van der Waals surface area contributed by atoms with Crippen molar-refractivity contribution >= 4 is 40.7 Å². The molecule has 2 aliphatic heterocycles. The van der Waals surface area contributed by atoms with Gasteiger partial charge in [0.1, 0.15) is 5.75 Å². The van der Waals surface area contributed by atoms with Gasteiger partial charge in [0.25, 0.3) is 0 Å². The Hall–Kier alpha value is -0.0400. The largest absolute Gasteiger partial charge is 0.507 e. The predicted octanol–water partition coefficient (Wildman–Crippen LogP) is 3.68. The molecule has 0 saturated carbocycles. The summed E-state index contributed by atoms with van der Waals surface area (Å²) in [6, 6.07) is 4.37. The van der Waals surface area contributed by atoms with Crippen molar-refractivity contribution in [2.45, 2.75) is 25.8 Å². The van der Waals surface area contributed by atoms with Crippen molar-refractivity contribution in [2.75, 3.05) is 39.4 Å². The van der Waals surface area contributed by atoms with Crippen molar-refractivity contribution in [3.8, 4) is 5.75 Å². The van der Waals surface area contributed by atoms with E-state index in [4.69, 9.17) is 4.74 Å². The number of piperazine rings is 1. The van der Waals surface area contributed by atoms with Gasteiger partial charge in [-0.1, -0.05) is 15.9 Å². The third-order valence-corrected chi connectivity index (χ3v) is 5.33. The number of hydrogen-bond donors (Lipinski definition) is 2. The molecule has 1 aromatic rings. The van der Waals surface area contributed by atoms with E-state index >= 15 is 0 Å². The summed E-state index contributed by atoms with van der Waals surface area (Å²) in [4.78, 5) is 2.54. The van der Waals surface area contributed by atoms with Crippen LogP contribution in [-0.4, -0.2) is 49.4 Å². The number of benzene rings is 1. The molecule has 2 aliphatic rings. The minimum absolute atomic E-state index is 0. The van der Waals surface area contributed by atoms with E-state index in [0.29, 0.717) is 11.7 Å². The number of phenolic OH excluding ortho intramolecular Hbond substituents is 1. The van der Waals surface area contributed by atoms with E-state index in [0.717, 1.165) is 67.8 Å². The first-order chi connectivity index (χ1) is 10.7. The Morgan fingerprint density at radius 2 is 1.83 bits per heavy atom. The molecule has 1 aromatic carbocycles. The van der Waals surface area contributed by atoms with E-state index in [1.165, 1.54) is 0 Å². The molecule has 0 aliphatic carbocycles. The summed E-state index contributed by atoms with van der Waals surface area (Å²) in [5.74, 6) is 1.00. The minimum Gasteiger partial charge on any atom is -0.507 e. The van der Waals surface area contributed by atoms with Crippen LogP contribution >= 0.6 is 40.7 Å². The zero-order valence-corrected chi connectivity index (χ0v) is 17.2. The monoisotopic (exact) mass is 440 g/mol. The van der Waals surface area contributed by atoms with Crippen LogP contribution in [0.2, 0.25) is 0 Å². The van der Waals surface area contributed by atoms with Crippen molar-refractivity contribution in [2.24, 2.45) is 5.92 Å². The van der Waals surface area contributed by atoms with Gasteiger partial charge in [-0.2, -0.15) is 0 Å². The third-order valence-electron chi connectivity index (χ3n) is 4.87. The Bertz CT molecular complexity index is 504. The highest BCUT2D eigenvalue weighted by molar-refractivity contribution is 9.10. The van der Waals surface area contributed by atoms with Crippen LogP contribution in [0.1, 0.15) is 30.0 Å². The topological polar surface area (TPSA) is 44.7 Å². The number of aryl methyl sites for hydroxylation is 1. The van der Waals surface area contributed by atoms with Crippen LogP contribution in [0.4, 0.5) is 0 Å². The van der Waals surface area contributed by atoms with Gasteiger partial charge in [0.15, 0.2) is 0 Å². The molecule has 1 atom stereocenters. The molecule has 2 fully saturated rings. The highest BCUT2D eigenvalue weighted by Crippen LogP contribution is 2.41. The molecule has 24 heavy (non-hydrogen) atoms. The number of rotatable bonds is 3. The van der Waals surface area contributed by atoms with E-state index in [2.05, 4.69) is 32.2 Å². The number of hydrogen-bond acceptors (Lipinski definition) is 4. The standard InChI is InChI=1S/C17H25BrN2O2.2ClH/c1-12-10-14(18)11-15(17(12)21)16(13-2-8-22-9-3-13)20-6-4-19-5-7-20;;/h10-11,13,16,19,21H,2-9H2,1H3;2*1H/t16-;;/m0../s1.